The molecular formula is C13H19N3O3. The highest BCUT2D eigenvalue weighted by Gasteiger charge is 2.18. The van der Waals surface area contributed by atoms with Gasteiger partial charge < -0.3 is 25.8 Å². The lowest BCUT2D eigenvalue weighted by atomic mass is 10.1. The molecule has 0 spiro atoms. The smallest absolute Gasteiger partial charge is 0.319 e. The summed E-state index contributed by atoms with van der Waals surface area (Å²) in [6, 6.07) is 3.02. The molecule has 0 aliphatic carbocycles. The predicted molar refractivity (Wildman–Crippen MR) is 73.8 cm³/mol. The zero-order valence-electron chi connectivity index (χ0n) is 11.4. The zero-order chi connectivity index (χ0) is 14.0. The molecule has 1 aliphatic rings. The van der Waals surface area contributed by atoms with Gasteiger partial charge in [-0.25, -0.2) is 4.79 Å². The summed E-state index contributed by atoms with van der Waals surface area (Å²) in [5.41, 5.74) is 6.51. The van der Waals surface area contributed by atoms with Gasteiger partial charge in [-0.3, -0.25) is 0 Å². The fourth-order valence-corrected chi connectivity index (χ4v) is 1.71. The summed E-state index contributed by atoms with van der Waals surface area (Å²) in [5, 5.41) is 5.50. The normalized spacial score (nSPS) is 13.8. The molecule has 1 aromatic carbocycles. The number of amides is 2. The van der Waals surface area contributed by atoms with E-state index in [2.05, 4.69) is 10.6 Å². The molecule has 19 heavy (non-hydrogen) atoms. The Hall–Kier alpha value is -2.11. The number of fused-ring (bicyclic) bond motifs is 1. The summed E-state index contributed by atoms with van der Waals surface area (Å²) in [6.45, 7) is 6.70. The third kappa shape index (κ3) is 3.43. The highest BCUT2D eigenvalue weighted by Crippen LogP contribution is 2.36. The van der Waals surface area contributed by atoms with Gasteiger partial charge in [0, 0.05) is 17.7 Å². The first kappa shape index (κ1) is 13.3. The molecule has 6 nitrogen and oxygen atoms in total. The molecule has 0 bridgehead atoms. The van der Waals surface area contributed by atoms with Crippen LogP contribution in [0.5, 0.6) is 11.5 Å². The molecule has 0 fully saturated rings. The summed E-state index contributed by atoms with van der Waals surface area (Å²) in [4.78, 5) is 11.8. The van der Waals surface area contributed by atoms with Crippen LogP contribution in [0.1, 0.15) is 20.8 Å². The van der Waals surface area contributed by atoms with Gasteiger partial charge in [0.15, 0.2) is 11.5 Å². The second-order valence-corrected chi connectivity index (χ2v) is 5.41. The molecule has 2 rings (SSSR count). The van der Waals surface area contributed by atoms with Crippen LogP contribution in [0.25, 0.3) is 0 Å². The summed E-state index contributed by atoms with van der Waals surface area (Å²) in [5.74, 6) is 1.19. The molecule has 4 N–H and O–H groups in total. The van der Waals surface area contributed by atoms with Crippen molar-refractivity contribution in [2.24, 2.45) is 0 Å². The Balaban J connectivity index is 2.14. The molecule has 0 unspecified atom stereocenters. The van der Waals surface area contributed by atoms with Crippen molar-refractivity contribution in [2.75, 3.05) is 24.3 Å². The topological polar surface area (TPSA) is 85.6 Å². The Kier molecular flexibility index (Phi) is 3.42. The van der Waals surface area contributed by atoms with Crippen molar-refractivity contribution in [3.8, 4) is 11.5 Å². The molecule has 2 amide bonds. The Bertz CT molecular complexity index is 495. The molecular weight excluding hydrogens is 246 g/mol. The van der Waals surface area contributed by atoms with Crippen LogP contribution in [0, 0.1) is 0 Å². The second-order valence-electron chi connectivity index (χ2n) is 5.41. The van der Waals surface area contributed by atoms with E-state index in [0.717, 1.165) is 0 Å². The maximum Gasteiger partial charge on any atom is 0.319 e. The van der Waals surface area contributed by atoms with E-state index >= 15 is 0 Å². The summed E-state index contributed by atoms with van der Waals surface area (Å²) < 4.78 is 10.9. The fourth-order valence-electron chi connectivity index (χ4n) is 1.71. The minimum absolute atomic E-state index is 0.309. The Labute approximate surface area is 112 Å². The minimum Gasteiger partial charge on any atom is -0.486 e. The number of hydrogen-bond donors (Lipinski definition) is 3. The maximum atomic E-state index is 11.8. The number of carbonyl (C=O) groups excluding carboxylic acids is 1. The number of nitrogen functional groups attached to an aromatic ring is 1. The number of nitrogens with two attached hydrogens (primary N) is 1. The fraction of sp³-hybridized carbons (Fsp3) is 0.462. The molecule has 1 aromatic rings. The van der Waals surface area contributed by atoms with Crippen LogP contribution < -0.4 is 25.8 Å². The number of rotatable bonds is 1. The van der Waals surface area contributed by atoms with Crippen LogP contribution in [0.3, 0.4) is 0 Å². The number of ether oxygens (including phenoxy) is 2. The van der Waals surface area contributed by atoms with Gasteiger partial charge in [0.1, 0.15) is 13.2 Å². The van der Waals surface area contributed by atoms with Crippen molar-refractivity contribution in [1.82, 2.24) is 5.32 Å². The molecule has 1 heterocycles. The lowest BCUT2D eigenvalue weighted by Gasteiger charge is -2.23. The van der Waals surface area contributed by atoms with Crippen molar-refractivity contribution < 1.29 is 14.3 Å². The predicted octanol–water partition coefficient (Wildman–Crippen LogP) is 1.96. The third-order valence-corrected chi connectivity index (χ3v) is 2.45. The molecule has 0 atom stereocenters. The van der Waals surface area contributed by atoms with E-state index in [0.29, 0.717) is 36.1 Å². The number of nitrogens with one attached hydrogen (secondary N) is 2. The van der Waals surface area contributed by atoms with Crippen LogP contribution in [0.15, 0.2) is 12.1 Å². The van der Waals surface area contributed by atoms with Gasteiger partial charge in [0.25, 0.3) is 0 Å². The van der Waals surface area contributed by atoms with Crippen LogP contribution in [0.2, 0.25) is 0 Å². The largest absolute Gasteiger partial charge is 0.486 e. The van der Waals surface area contributed by atoms with Crippen molar-refractivity contribution in [3.63, 3.8) is 0 Å². The highest BCUT2D eigenvalue weighted by molar-refractivity contribution is 5.93. The minimum atomic E-state index is -0.313. The average Bonchev–Trinajstić information content (AvgIpc) is 2.27. The zero-order valence-corrected chi connectivity index (χ0v) is 11.4. The first-order chi connectivity index (χ1) is 8.85. The Morgan fingerprint density at radius 3 is 2.37 bits per heavy atom. The van der Waals surface area contributed by atoms with Crippen molar-refractivity contribution >= 4 is 17.4 Å². The van der Waals surface area contributed by atoms with Crippen molar-refractivity contribution in [3.05, 3.63) is 12.1 Å². The molecule has 1 aliphatic heterocycles. The molecule has 6 heteroatoms. The van der Waals surface area contributed by atoms with E-state index in [1.807, 2.05) is 20.8 Å². The highest BCUT2D eigenvalue weighted by atomic mass is 16.6. The van der Waals surface area contributed by atoms with E-state index in [1.165, 1.54) is 0 Å². The third-order valence-electron chi connectivity index (χ3n) is 2.45. The number of hydrogen-bond acceptors (Lipinski definition) is 4. The van der Waals surface area contributed by atoms with Crippen molar-refractivity contribution in [1.29, 1.82) is 0 Å². The Morgan fingerprint density at radius 1 is 1.21 bits per heavy atom. The number of carbonyl (C=O) groups is 1. The lowest BCUT2D eigenvalue weighted by molar-refractivity contribution is 0.172. The van der Waals surface area contributed by atoms with Gasteiger partial charge in [-0.1, -0.05) is 0 Å². The van der Waals surface area contributed by atoms with Crippen molar-refractivity contribution in [2.45, 2.75) is 26.3 Å². The van der Waals surface area contributed by atoms with Gasteiger partial charge in [0.05, 0.1) is 11.4 Å². The first-order valence-electron chi connectivity index (χ1n) is 6.13. The number of benzene rings is 1. The molecule has 0 aromatic heterocycles. The molecule has 0 saturated carbocycles. The van der Waals surface area contributed by atoms with Crippen LogP contribution in [-0.4, -0.2) is 24.8 Å². The molecule has 0 saturated heterocycles. The lowest BCUT2D eigenvalue weighted by Crippen LogP contribution is -2.43. The van der Waals surface area contributed by atoms with E-state index in [1.54, 1.807) is 12.1 Å². The Morgan fingerprint density at radius 2 is 1.79 bits per heavy atom. The second kappa shape index (κ2) is 4.87. The van der Waals surface area contributed by atoms with E-state index in [-0.39, 0.29) is 11.6 Å². The van der Waals surface area contributed by atoms with E-state index < -0.39 is 0 Å². The first-order valence-corrected chi connectivity index (χ1v) is 6.13. The van der Waals surface area contributed by atoms with Gasteiger partial charge in [-0.2, -0.15) is 0 Å². The monoisotopic (exact) mass is 265 g/mol. The van der Waals surface area contributed by atoms with E-state index in [4.69, 9.17) is 15.2 Å². The summed E-state index contributed by atoms with van der Waals surface area (Å²) in [6.07, 6.45) is 0. The summed E-state index contributed by atoms with van der Waals surface area (Å²) >= 11 is 0. The average molecular weight is 265 g/mol. The van der Waals surface area contributed by atoms with E-state index in [9.17, 15) is 4.79 Å². The quantitative estimate of drug-likeness (QED) is 0.677. The van der Waals surface area contributed by atoms with Gasteiger partial charge in [-0.05, 0) is 20.8 Å². The molecule has 104 valence electrons. The summed E-state index contributed by atoms with van der Waals surface area (Å²) in [7, 11) is 0. The van der Waals surface area contributed by atoms with Gasteiger partial charge in [0.2, 0.25) is 0 Å². The van der Waals surface area contributed by atoms with Gasteiger partial charge in [-0.15, -0.1) is 0 Å². The van der Waals surface area contributed by atoms with Crippen LogP contribution in [-0.2, 0) is 0 Å². The number of anilines is 2. The number of urea groups is 1. The van der Waals surface area contributed by atoms with Gasteiger partial charge >= 0.3 is 6.03 Å². The standard InChI is InChI=1S/C13H19N3O3/c1-13(2,3)16-12(17)15-9-7-11-10(6-8(9)14)18-4-5-19-11/h6-7H,4-5,14H2,1-3H3,(H2,15,16,17). The van der Waals surface area contributed by atoms with Crippen LogP contribution in [0.4, 0.5) is 16.2 Å². The SMILES string of the molecule is CC(C)(C)NC(=O)Nc1cc2c(cc1N)OCCO2. The maximum absolute atomic E-state index is 11.8. The molecule has 0 radical (unpaired) electrons. The van der Waals surface area contributed by atoms with Crippen LogP contribution >= 0.6 is 0 Å².